The fourth-order valence-electron chi connectivity index (χ4n) is 3.43. The van der Waals surface area contributed by atoms with Crippen LogP contribution in [0, 0.1) is 0 Å². The highest BCUT2D eigenvalue weighted by atomic mass is 35.5. The number of nitrogens with zero attached hydrogens (tertiary/aromatic N) is 2. The molecule has 1 aromatic heterocycles. The molecular weight excluding hydrogens is 380 g/mol. The Bertz CT molecular complexity index is 1210. The number of para-hydroxylation sites is 2. The molecule has 29 heavy (non-hydrogen) atoms. The van der Waals surface area contributed by atoms with Gasteiger partial charge in [0, 0.05) is 22.0 Å². The van der Waals surface area contributed by atoms with E-state index in [1.165, 1.54) is 0 Å². The molecule has 5 rings (SSSR count). The van der Waals surface area contributed by atoms with E-state index in [4.69, 9.17) is 21.0 Å². The van der Waals surface area contributed by atoms with Crippen molar-refractivity contribution in [3.05, 3.63) is 108 Å². The lowest BCUT2D eigenvalue weighted by atomic mass is 10.2. The second kappa shape index (κ2) is 7.46. The highest BCUT2D eigenvalue weighted by Gasteiger charge is 2.20. The summed E-state index contributed by atoms with van der Waals surface area (Å²) < 4.78 is 6.25. The Labute approximate surface area is 173 Å². The molecule has 0 aliphatic heterocycles. The van der Waals surface area contributed by atoms with E-state index in [0.717, 1.165) is 28.1 Å². The molecule has 5 aromatic rings. The summed E-state index contributed by atoms with van der Waals surface area (Å²) in [6.45, 7) is 0. The van der Waals surface area contributed by atoms with Gasteiger partial charge in [-0.05, 0) is 48.5 Å². The van der Waals surface area contributed by atoms with Crippen molar-refractivity contribution in [1.82, 2.24) is 4.98 Å². The summed E-state index contributed by atoms with van der Waals surface area (Å²) in [6.07, 6.45) is 0. The molecule has 0 N–H and O–H groups in total. The van der Waals surface area contributed by atoms with Gasteiger partial charge in [0.1, 0.15) is 5.52 Å². The number of rotatable bonds is 4. The minimum absolute atomic E-state index is 0.574. The number of hydrogen-bond acceptors (Lipinski definition) is 3. The molecule has 0 saturated carbocycles. The smallest absolute Gasteiger partial charge is 0.227 e. The van der Waals surface area contributed by atoms with Gasteiger partial charge in [-0.1, -0.05) is 66.2 Å². The zero-order valence-electron chi connectivity index (χ0n) is 15.5. The summed E-state index contributed by atoms with van der Waals surface area (Å²) in [5, 5.41) is 0.609. The van der Waals surface area contributed by atoms with Crippen molar-refractivity contribution >= 4 is 39.8 Å². The second-order valence-electron chi connectivity index (χ2n) is 6.66. The maximum atomic E-state index is 6.49. The lowest BCUT2D eigenvalue weighted by Gasteiger charge is -2.25. The zero-order chi connectivity index (χ0) is 19.6. The van der Waals surface area contributed by atoms with Crippen molar-refractivity contribution in [2.75, 3.05) is 4.90 Å². The SMILES string of the molecule is Clc1cc(N(c2ccccc2)c2ccccc2)c2oc(-c3ccccc3)nc2c1. The molecule has 3 nitrogen and oxygen atoms in total. The molecule has 0 aliphatic rings. The molecule has 0 amide bonds. The largest absolute Gasteiger partial charge is 0.434 e. The van der Waals surface area contributed by atoms with E-state index in [1.54, 1.807) is 0 Å². The summed E-state index contributed by atoms with van der Waals surface area (Å²) in [5.74, 6) is 0.574. The van der Waals surface area contributed by atoms with Crippen LogP contribution >= 0.6 is 11.6 Å². The Kier molecular flexibility index (Phi) is 4.51. The predicted molar refractivity (Wildman–Crippen MR) is 119 cm³/mol. The fraction of sp³-hybridized carbons (Fsp3) is 0. The summed E-state index contributed by atoms with van der Waals surface area (Å²) in [4.78, 5) is 6.83. The number of oxazole rings is 1. The van der Waals surface area contributed by atoms with Crippen LogP contribution in [-0.4, -0.2) is 4.98 Å². The molecule has 1 heterocycles. The standard InChI is InChI=1S/C25H17ClN2O/c26-19-16-22-24(29-25(27-22)18-10-4-1-5-11-18)23(17-19)28(20-12-6-2-7-13-20)21-14-8-3-9-15-21/h1-17H. The Morgan fingerprint density at radius 1 is 0.690 bits per heavy atom. The van der Waals surface area contributed by atoms with Gasteiger partial charge in [-0.15, -0.1) is 0 Å². The second-order valence-corrected chi connectivity index (χ2v) is 7.10. The highest BCUT2D eigenvalue weighted by molar-refractivity contribution is 6.31. The van der Waals surface area contributed by atoms with Gasteiger partial charge in [0.15, 0.2) is 5.58 Å². The molecular formula is C25H17ClN2O. The van der Waals surface area contributed by atoms with E-state index in [1.807, 2.05) is 78.9 Å². The fourth-order valence-corrected chi connectivity index (χ4v) is 3.64. The van der Waals surface area contributed by atoms with E-state index in [2.05, 4.69) is 29.2 Å². The van der Waals surface area contributed by atoms with Gasteiger partial charge in [0.25, 0.3) is 0 Å². The number of hydrogen-bond donors (Lipinski definition) is 0. The molecule has 4 heteroatoms. The third-order valence-corrected chi connectivity index (χ3v) is 4.94. The topological polar surface area (TPSA) is 29.3 Å². The van der Waals surface area contributed by atoms with Crippen molar-refractivity contribution in [3.63, 3.8) is 0 Å². The van der Waals surface area contributed by atoms with E-state index in [-0.39, 0.29) is 0 Å². The molecule has 0 unspecified atom stereocenters. The van der Waals surface area contributed by atoms with Crippen LogP contribution in [0.5, 0.6) is 0 Å². The number of benzene rings is 4. The lowest BCUT2D eigenvalue weighted by Crippen LogP contribution is -2.10. The van der Waals surface area contributed by atoms with Crippen LogP contribution in [0.3, 0.4) is 0 Å². The Hall–Kier alpha value is -3.56. The van der Waals surface area contributed by atoms with Gasteiger partial charge in [-0.25, -0.2) is 4.98 Å². The van der Waals surface area contributed by atoms with Crippen molar-refractivity contribution in [2.45, 2.75) is 0 Å². The van der Waals surface area contributed by atoms with Crippen LogP contribution in [-0.2, 0) is 0 Å². The maximum absolute atomic E-state index is 6.49. The quantitative estimate of drug-likeness (QED) is 0.313. The molecule has 0 atom stereocenters. The Balaban J connectivity index is 1.76. The normalized spacial score (nSPS) is 10.9. The van der Waals surface area contributed by atoms with Gasteiger partial charge in [0.2, 0.25) is 5.89 Å². The van der Waals surface area contributed by atoms with Crippen LogP contribution in [0.15, 0.2) is 108 Å². The van der Waals surface area contributed by atoms with E-state index in [9.17, 15) is 0 Å². The van der Waals surface area contributed by atoms with E-state index >= 15 is 0 Å². The molecule has 0 radical (unpaired) electrons. The molecule has 0 aliphatic carbocycles. The van der Waals surface area contributed by atoms with Crippen LogP contribution in [0.4, 0.5) is 17.1 Å². The van der Waals surface area contributed by atoms with Crippen molar-refractivity contribution in [1.29, 1.82) is 0 Å². The first kappa shape index (κ1) is 17.5. The Morgan fingerprint density at radius 3 is 1.83 bits per heavy atom. The number of halogens is 1. The summed E-state index contributed by atoms with van der Waals surface area (Å²) in [6, 6.07) is 34.0. The molecule has 140 valence electrons. The summed E-state index contributed by atoms with van der Waals surface area (Å²) in [5.41, 5.74) is 5.22. The minimum atomic E-state index is 0.574. The van der Waals surface area contributed by atoms with Crippen LogP contribution < -0.4 is 4.90 Å². The lowest BCUT2D eigenvalue weighted by molar-refractivity contribution is 0.620. The number of fused-ring (bicyclic) bond motifs is 1. The number of anilines is 3. The first-order chi connectivity index (χ1) is 14.3. The summed E-state index contributed by atoms with van der Waals surface area (Å²) >= 11 is 6.49. The van der Waals surface area contributed by atoms with Crippen molar-refractivity contribution < 1.29 is 4.42 Å². The maximum Gasteiger partial charge on any atom is 0.227 e. The molecule has 0 saturated heterocycles. The molecule has 4 aromatic carbocycles. The van der Waals surface area contributed by atoms with Crippen molar-refractivity contribution in [2.24, 2.45) is 0 Å². The van der Waals surface area contributed by atoms with Gasteiger partial charge in [-0.2, -0.15) is 0 Å². The summed E-state index contributed by atoms with van der Waals surface area (Å²) in [7, 11) is 0. The third-order valence-electron chi connectivity index (χ3n) is 4.73. The average Bonchev–Trinajstić information content (AvgIpc) is 3.20. The van der Waals surface area contributed by atoms with Gasteiger partial charge < -0.3 is 9.32 Å². The van der Waals surface area contributed by atoms with Gasteiger partial charge in [0.05, 0.1) is 5.69 Å². The Morgan fingerprint density at radius 2 is 1.24 bits per heavy atom. The van der Waals surface area contributed by atoms with Crippen LogP contribution in [0.25, 0.3) is 22.6 Å². The van der Waals surface area contributed by atoms with Crippen LogP contribution in [0.1, 0.15) is 0 Å². The van der Waals surface area contributed by atoms with E-state index in [0.29, 0.717) is 16.5 Å². The predicted octanol–water partition coefficient (Wildman–Crippen LogP) is 7.62. The first-order valence-corrected chi connectivity index (χ1v) is 9.73. The highest BCUT2D eigenvalue weighted by Crippen LogP contribution is 2.41. The zero-order valence-corrected chi connectivity index (χ0v) is 16.3. The van der Waals surface area contributed by atoms with Gasteiger partial charge >= 0.3 is 0 Å². The van der Waals surface area contributed by atoms with E-state index < -0.39 is 0 Å². The average molecular weight is 397 g/mol. The first-order valence-electron chi connectivity index (χ1n) is 9.35. The van der Waals surface area contributed by atoms with Crippen LogP contribution in [0.2, 0.25) is 5.02 Å². The minimum Gasteiger partial charge on any atom is -0.434 e. The number of aromatic nitrogens is 1. The molecule has 0 fully saturated rings. The molecule has 0 bridgehead atoms. The molecule has 0 spiro atoms. The van der Waals surface area contributed by atoms with Crippen molar-refractivity contribution in [3.8, 4) is 11.5 Å². The third kappa shape index (κ3) is 3.37. The monoisotopic (exact) mass is 396 g/mol. The van der Waals surface area contributed by atoms with Gasteiger partial charge in [-0.3, -0.25) is 0 Å².